The van der Waals surface area contributed by atoms with Gasteiger partial charge in [-0.25, -0.2) is 0 Å². The quantitative estimate of drug-likeness (QED) is 0.798. The molecule has 2 atom stereocenters. The minimum Gasteiger partial charge on any atom is -0.387 e. The Labute approximate surface area is 101 Å². The van der Waals surface area contributed by atoms with Gasteiger partial charge in [0.1, 0.15) is 0 Å². The third-order valence-corrected chi connectivity index (χ3v) is 3.21. The number of amides is 1. The number of nitrogens with zero attached hydrogens (tertiary/aromatic N) is 1. The number of nitrogens with two attached hydrogens (primary N) is 1. The number of likely N-dealkylation sites (tertiary alicyclic amines) is 1. The van der Waals surface area contributed by atoms with E-state index in [0.29, 0.717) is 26.1 Å². The molecule has 92 valence electrons. The average molecular weight is 234 g/mol. The van der Waals surface area contributed by atoms with Crippen LogP contribution in [0, 0.1) is 5.92 Å². The van der Waals surface area contributed by atoms with Gasteiger partial charge in [0.15, 0.2) is 0 Å². The largest absolute Gasteiger partial charge is 0.387 e. The number of hydrogen-bond donors (Lipinski definition) is 2. The molecule has 1 aromatic rings. The normalized spacial score (nSPS) is 21.9. The Morgan fingerprint density at radius 3 is 2.71 bits per heavy atom. The van der Waals surface area contributed by atoms with Crippen LogP contribution in [0.2, 0.25) is 0 Å². The van der Waals surface area contributed by atoms with Crippen molar-refractivity contribution in [1.82, 2.24) is 4.90 Å². The van der Waals surface area contributed by atoms with Crippen LogP contribution in [-0.4, -0.2) is 35.5 Å². The number of hydrogen-bond acceptors (Lipinski definition) is 3. The Bertz CT molecular complexity index is 380. The van der Waals surface area contributed by atoms with E-state index in [2.05, 4.69) is 0 Å². The molecule has 0 aliphatic carbocycles. The van der Waals surface area contributed by atoms with E-state index in [1.165, 1.54) is 0 Å². The second kappa shape index (κ2) is 5.29. The van der Waals surface area contributed by atoms with Crippen LogP contribution in [0.5, 0.6) is 0 Å². The molecule has 0 saturated carbocycles. The molecule has 1 aliphatic heterocycles. The van der Waals surface area contributed by atoms with Crippen molar-refractivity contribution in [2.24, 2.45) is 11.7 Å². The lowest BCUT2D eigenvalue weighted by atomic mass is 10.1. The predicted octanol–water partition coefficient (Wildman–Crippen LogP) is 0.527. The van der Waals surface area contributed by atoms with Crippen LogP contribution in [0.25, 0.3) is 0 Å². The first-order valence-electron chi connectivity index (χ1n) is 5.91. The molecule has 1 aliphatic rings. The second-order valence-electron chi connectivity index (χ2n) is 4.53. The Kier molecular flexibility index (Phi) is 3.76. The molecule has 4 nitrogen and oxygen atoms in total. The lowest BCUT2D eigenvalue weighted by molar-refractivity contribution is -0.129. The molecule has 2 unspecified atom stereocenters. The van der Waals surface area contributed by atoms with Crippen molar-refractivity contribution in [2.45, 2.75) is 12.5 Å². The monoisotopic (exact) mass is 234 g/mol. The van der Waals surface area contributed by atoms with E-state index in [9.17, 15) is 9.90 Å². The highest BCUT2D eigenvalue weighted by Crippen LogP contribution is 2.21. The van der Waals surface area contributed by atoms with Gasteiger partial charge in [-0.1, -0.05) is 30.3 Å². The van der Waals surface area contributed by atoms with Crippen LogP contribution in [0.4, 0.5) is 0 Å². The summed E-state index contributed by atoms with van der Waals surface area (Å²) in [5.41, 5.74) is 6.40. The SMILES string of the molecule is NCC1CC(=O)N(CC(O)c2ccccc2)C1. The maximum Gasteiger partial charge on any atom is 0.223 e. The van der Waals surface area contributed by atoms with Gasteiger partial charge in [0.2, 0.25) is 5.91 Å². The molecule has 0 bridgehead atoms. The zero-order chi connectivity index (χ0) is 12.3. The maximum absolute atomic E-state index is 11.7. The van der Waals surface area contributed by atoms with Crippen molar-refractivity contribution < 1.29 is 9.90 Å². The van der Waals surface area contributed by atoms with Gasteiger partial charge >= 0.3 is 0 Å². The first-order chi connectivity index (χ1) is 8.20. The fourth-order valence-electron chi connectivity index (χ4n) is 2.18. The van der Waals surface area contributed by atoms with Gasteiger partial charge in [-0.15, -0.1) is 0 Å². The summed E-state index contributed by atoms with van der Waals surface area (Å²) in [5, 5.41) is 10.0. The van der Waals surface area contributed by atoms with Crippen molar-refractivity contribution in [2.75, 3.05) is 19.6 Å². The van der Waals surface area contributed by atoms with Crippen LogP contribution < -0.4 is 5.73 Å². The van der Waals surface area contributed by atoms with Crippen molar-refractivity contribution in [3.63, 3.8) is 0 Å². The lowest BCUT2D eigenvalue weighted by Gasteiger charge is -2.20. The number of carbonyl (C=O) groups excluding carboxylic acids is 1. The Balaban J connectivity index is 1.95. The second-order valence-corrected chi connectivity index (χ2v) is 4.53. The molecule has 4 heteroatoms. The summed E-state index contributed by atoms with van der Waals surface area (Å²) >= 11 is 0. The van der Waals surface area contributed by atoms with E-state index < -0.39 is 6.10 Å². The minimum atomic E-state index is -0.614. The Hall–Kier alpha value is -1.39. The first-order valence-corrected chi connectivity index (χ1v) is 5.91. The summed E-state index contributed by atoms with van der Waals surface area (Å²) in [6.45, 7) is 1.56. The van der Waals surface area contributed by atoms with Gasteiger partial charge in [0, 0.05) is 13.0 Å². The van der Waals surface area contributed by atoms with Crippen LogP contribution in [-0.2, 0) is 4.79 Å². The van der Waals surface area contributed by atoms with Gasteiger partial charge in [-0.2, -0.15) is 0 Å². The van der Waals surface area contributed by atoms with Gasteiger partial charge in [-0.3, -0.25) is 4.79 Å². The fourth-order valence-corrected chi connectivity index (χ4v) is 2.18. The summed E-state index contributed by atoms with van der Waals surface area (Å²) in [7, 11) is 0. The number of carbonyl (C=O) groups is 1. The van der Waals surface area contributed by atoms with Gasteiger partial charge < -0.3 is 15.7 Å². The van der Waals surface area contributed by atoms with Crippen LogP contribution >= 0.6 is 0 Å². The van der Waals surface area contributed by atoms with Gasteiger partial charge in [0.25, 0.3) is 0 Å². The third-order valence-electron chi connectivity index (χ3n) is 3.21. The standard InChI is InChI=1S/C13H18N2O2/c14-7-10-6-13(17)15(8-10)9-12(16)11-4-2-1-3-5-11/h1-5,10,12,16H,6-9,14H2. The average Bonchev–Trinajstić information content (AvgIpc) is 2.71. The Morgan fingerprint density at radius 2 is 2.12 bits per heavy atom. The van der Waals surface area contributed by atoms with Crippen molar-refractivity contribution in [3.05, 3.63) is 35.9 Å². The predicted molar refractivity (Wildman–Crippen MR) is 65.1 cm³/mol. The van der Waals surface area contributed by atoms with Crippen LogP contribution in [0.15, 0.2) is 30.3 Å². The molecular formula is C13H18N2O2. The summed E-state index contributed by atoms with van der Waals surface area (Å²) in [5.74, 6) is 0.334. The summed E-state index contributed by atoms with van der Waals surface area (Å²) in [6.07, 6.45) is -0.102. The molecular weight excluding hydrogens is 216 g/mol. The highest BCUT2D eigenvalue weighted by molar-refractivity contribution is 5.78. The molecule has 1 amide bonds. The summed E-state index contributed by atoms with van der Waals surface area (Å²) in [4.78, 5) is 13.4. The molecule has 1 fully saturated rings. The summed E-state index contributed by atoms with van der Waals surface area (Å²) in [6, 6.07) is 9.40. The van der Waals surface area contributed by atoms with E-state index in [1.807, 2.05) is 30.3 Å². The van der Waals surface area contributed by atoms with E-state index >= 15 is 0 Å². The number of aliphatic hydroxyl groups is 1. The maximum atomic E-state index is 11.7. The molecule has 17 heavy (non-hydrogen) atoms. The minimum absolute atomic E-state index is 0.0930. The molecule has 1 heterocycles. The zero-order valence-corrected chi connectivity index (χ0v) is 9.75. The highest BCUT2D eigenvalue weighted by atomic mass is 16.3. The van der Waals surface area contributed by atoms with E-state index in [0.717, 1.165) is 5.56 Å². The van der Waals surface area contributed by atoms with Crippen molar-refractivity contribution in [3.8, 4) is 0 Å². The van der Waals surface area contributed by atoms with Crippen molar-refractivity contribution in [1.29, 1.82) is 0 Å². The zero-order valence-electron chi connectivity index (χ0n) is 9.75. The van der Waals surface area contributed by atoms with E-state index in [4.69, 9.17) is 5.73 Å². The molecule has 0 spiro atoms. The van der Waals surface area contributed by atoms with E-state index in [1.54, 1.807) is 4.90 Å². The number of β-amino-alcohol motifs (C(OH)–C–C–N with tert-alkyl or cyclic N) is 1. The molecule has 3 N–H and O–H groups in total. The summed E-state index contributed by atoms with van der Waals surface area (Å²) < 4.78 is 0. The van der Waals surface area contributed by atoms with Gasteiger partial charge in [-0.05, 0) is 18.0 Å². The third kappa shape index (κ3) is 2.84. The highest BCUT2D eigenvalue weighted by Gasteiger charge is 2.29. The molecule has 1 aromatic carbocycles. The van der Waals surface area contributed by atoms with Crippen molar-refractivity contribution >= 4 is 5.91 Å². The fraction of sp³-hybridized carbons (Fsp3) is 0.462. The van der Waals surface area contributed by atoms with Crippen LogP contribution in [0.3, 0.4) is 0 Å². The van der Waals surface area contributed by atoms with Gasteiger partial charge in [0.05, 0.1) is 12.6 Å². The number of benzene rings is 1. The molecule has 2 rings (SSSR count). The Morgan fingerprint density at radius 1 is 1.41 bits per heavy atom. The molecule has 0 aromatic heterocycles. The lowest BCUT2D eigenvalue weighted by Crippen LogP contribution is -2.30. The first kappa shape index (κ1) is 12.1. The molecule has 0 radical (unpaired) electrons. The number of rotatable bonds is 4. The van der Waals surface area contributed by atoms with E-state index in [-0.39, 0.29) is 11.8 Å². The number of aliphatic hydroxyl groups excluding tert-OH is 1. The topological polar surface area (TPSA) is 66.6 Å². The molecule has 1 saturated heterocycles. The van der Waals surface area contributed by atoms with Crippen LogP contribution in [0.1, 0.15) is 18.1 Å². The smallest absolute Gasteiger partial charge is 0.223 e.